The molecule has 1 aliphatic heterocycles. The normalized spacial score (nSPS) is 19.1. The van der Waals surface area contributed by atoms with E-state index in [2.05, 4.69) is 22.9 Å². The molecule has 1 amide bonds. The Morgan fingerprint density at radius 2 is 1.97 bits per heavy atom. The molecule has 8 heteroatoms. The third-order valence-corrected chi connectivity index (χ3v) is 7.74. The van der Waals surface area contributed by atoms with E-state index in [9.17, 15) is 9.90 Å². The molecule has 1 unspecified atom stereocenters. The van der Waals surface area contributed by atoms with Crippen LogP contribution in [0.25, 0.3) is 10.9 Å². The number of aromatic amines is 1. The molecule has 3 atom stereocenters. The summed E-state index contributed by atoms with van der Waals surface area (Å²) in [6.07, 6.45) is 4.92. The van der Waals surface area contributed by atoms with Crippen molar-refractivity contribution in [3.8, 4) is 5.75 Å². The number of hydrogen-bond donors (Lipinski definition) is 2. The highest BCUT2D eigenvalue weighted by molar-refractivity contribution is 6.34. The van der Waals surface area contributed by atoms with Crippen LogP contribution in [0.1, 0.15) is 44.2 Å². The van der Waals surface area contributed by atoms with Gasteiger partial charge in [-0.15, -0.1) is 0 Å². The second-order valence-electron chi connectivity index (χ2n) is 10.1. The molecule has 1 aromatic heterocycles. The van der Waals surface area contributed by atoms with Crippen LogP contribution in [0.5, 0.6) is 5.75 Å². The third-order valence-electron chi connectivity index (χ3n) is 7.30. The Hall–Kier alpha value is -2.25. The van der Waals surface area contributed by atoms with E-state index in [0.717, 1.165) is 53.5 Å². The Morgan fingerprint density at radius 3 is 2.68 bits per heavy atom. The molecule has 2 aromatic carbocycles. The number of likely N-dealkylation sites (tertiary alicyclic amines) is 1. The summed E-state index contributed by atoms with van der Waals surface area (Å²) >= 11 is 12.4. The van der Waals surface area contributed by atoms with Crippen LogP contribution in [-0.2, 0) is 17.8 Å². The second-order valence-corrected chi connectivity index (χ2v) is 11.0. The number of hydrogen-bond acceptors (Lipinski definition) is 4. The SMILES string of the molecule is CCCCOc1ccc2[nH]cc(CCN3CC[C@H](N(C)Cc4cc(Cl)cc(Cl)c4)[C@H](C(C)O)C3=O)c2c1. The highest BCUT2D eigenvalue weighted by Gasteiger charge is 2.41. The first-order valence-electron chi connectivity index (χ1n) is 13.1. The maximum Gasteiger partial charge on any atom is 0.229 e. The van der Waals surface area contributed by atoms with Crippen LogP contribution < -0.4 is 4.74 Å². The molecule has 0 bridgehead atoms. The molecular weight excluding hydrogens is 509 g/mol. The van der Waals surface area contributed by atoms with E-state index in [1.165, 1.54) is 0 Å². The van der Waals surface area contributed by atoms with Gasteiger partial charge in [0.25, 0.3) is 0 Å². The molecule has 2 N–H and O–H groups in total. The average molecular weight is 547 g/mol. The summed E-state index contributed by atoms with van der Waals surface area (Å²) in [7, 11) is 1.99. The lowest BCUT2D eigenvalue weighted by Crippen LogP contribution is -2.56. The average Bonchev–Trinajstić information content (AvgIpc) is 3.24. The minimum absolute atomic E-state index is 0.00524. The molecule has 4 rings (SSSR count). The maximum atomic E-state index is 13.5. The van der Waals surface area contributed by atoms with Crippen LogP contribution in [0.15, 0.2) is 42.6 Å². The number of aliphatic hydroxyl groups excluding tert-OH is 1. The molecule has 0 saturated carbocycles. The fourth-order valence-corrected chi connectivity index (χ4v) is 5.92. The van der Waals surface area contributed by atoms with Crippen molar-refractivity contribution < 1.29 is 14.6 Å². The number of aliphatic hydroxyl groups is 1. The van der Waals surface area contributed by atoms with Crippen molar-refractivity contribution in [3.63, 3.8) is 0 Å². The molecule has 200 valence electrons. The predicted octanol–water partition coefficient (Wildman–Crippen LogP) is 5.93. The molecule has 0 aliphatic carbocycles. The Morgan fingerprint density at radius 1 is 1.22 bits per heavy atom. The van der Waals surface area contributed by atoms with Crippen LogP contribution in [0.2, 0.25) is 10.0 Å². The number of aromatic nitrogens is 1. The molecule has 6 nitrogen and oxygen atoms in total. The number of fused-ring (bicyclic) bond motifs is 1. The minimum atomic E-state index is -0.749. The number of nitrogens with zero attached hydrogens (tertiary/aromatic N) is 2. The zero-order valence-corrected chi connectivity index (χ0v) is 23.4. The van der Waals surface area contributed by atoms with Gasteiger partial charge in [-0.05, 0) is 80.8 Å². The lowest BCUT2D eigenvalue weighted by Gasteiger charge is -2.43. The first-order valence-corrected chi connectivity index (χ1v) is 13.9. The molecular formula is C29H37Cl2N3O3. The van der Waals surface area contributed by atoms with Crippen molar-refractivity contribution in [3.05, 3.63) is 63.8 Å². The van der Waals surface area contributed by atoms with Crippen molar-refractivity contribution in [2.45, 2.75) is 58.2 Å². The van der Waals surface area contributed by atoms with Crippen molar-refractivity contribution in [2.24, 2.45) is 5.92 Å². The van der Waals surface area contributed by atoms with Crippen LogP contribution >= 0.6 is 23.2 Å². The fourth-order valence-electron chi connectivity index (χ4n) is 5.35. The van der Waals surface area contributed by atoms with Crippen LogP contribution in [-0.4, -0.2) is 64.7 Å². The number of halogens is 2. The smallest absolute Gasteiger partial charge is 0.229 e. The van der Waals surface area contributed by atoms with Crippen molar-refractivity contribution in [1.82, 2.24) is 14.8 Å². The Kier molecular flexibility index (Phi) is 9.41. The van der Waals surface area contributed by atoms with Gasteiger partial charge in [-0.25, -0.2) is 0 Å². The van der Waals surface area contributed by atoms with E-state index < -0.39 is 12.0 Å². The number of H-pyrrole nitrogens is 1. The zero-order valence-electron chi connectivity index (χ0n) is 21.8. The number of unbranched alkanes of at least 4 members (excludes halogenated alkanes) is 1. The van der Waals surface area contributed by atoms with Crippen molar-refractivity contribution in [2.75, 3.05) is 26.7 Å². The van der Waals surface area contributed by atoms with Gasteiger partial charge in [-0.3, -0.25) is 9.69 Å². The molecule has 1 fully saturated rings. The Labute approximate surface area is 229 Å². The van der Waals surface area contributed by atoms with Gasteiger partial charge in [-0.2, -0.15) is 0 Å². The zero-order chi connectivity index (χ0) is 26.5. The summed E-state index contributed by atoms with van der Waals surface area (Å²) in [6.45, 7) is 6.43. The van der Waals surface area contributed by atoms with Crippen molar-refractivity contribution in [1.29, 1.82) is 0 Å². The van der Waals surface area contributed by atoms with Gasteiger partial charge in [0.15, 0.2) is 0 Å². The summed E-state index contributed by atoms with van der Waals surface area (Å²) in [5.41, 5.74) is 3.21. The highest BCUT2D eigenvalue weighted by atomic mass is 35.5. The maximum absolute atomic E-state index is 13.5. The largest absolute Gasteiger partial charge is 0.494 e. The summed E-state index contributed by atoms with van der Waals surface area (Å²) < 4.78 is 5.90. The third kappa shape index (κ3) is 6.80. The van der Waals surface area contributed by atoms with Gasteiger partial charge in [-0.1, -0.05) is 36.5 Å². The van der Waals surface area contributed by atoms with Crippen LogP contribution in [0, 0.1) is 5.92 Å². The number of piperidine rings is 1. The standard InChI is InChI=1S/C29H37Cl2N3O3/c1-4-5-12-37-24-6-7-26-25(16-24)21(17-32-26)8-10-34-11-9-27(28(19(2)35)29(34)36)33(3)18-20-13-22(30)15-23(31)14-20/h6-7,13-17,19,27-28,32,35H,4-5,8-12,18H2,1-3H3/t19?,27-,28-/m0/s1. The number of amides is 1. The first kappa shape index (κ1) is 27.8. The number of ether oxygens (including phenoxy) is 1. The lowest BCUT2D eigenvalue weighted by molar-refractivity contribution is -0.147. The number of nitrogens with one attached hydrogen (secondary N) is 1. The van der Waals surface area contributed by atoms with Gasteiger partial charge in [0.05, 0.1) is 18.6 Å². The van der Waals surface area contributed by atoms with Gasteiger partial charge < -0.3 is 19.7 Å². The fraction of sp³-hybridized carbons (Fsp3) is 0.483. The van der Waals surface area contributed by atoms with E-state index in [4.69, 9.17) is 27.9 Å². The molecule has 0 spiro atoms. The molecule has 3 aromatic rings. The summed E-state index contributed by atoms with van der Waals surface area (Å²) in [6, 6.07) is 11.5. The van der Waals surface area contributed by atoms with E-state index in [1.807, 2.05) is 42.4 Å². The number of rotatable bonds is 11. The van der Waals surface area contributed by atoms with E-state index in [-0.39, 0.29) is 11.9 Å². The van der Waals surface area contributed by atoms with Crippen LogP contribution in [0.4, 0.5) is 0 Å². The number of benzene rings is 2. The highest BCUT2D eigenvalue weighted by Crippen LogP contribution is 2.29. The van der Waals surface area contributed by atoms with E-state index >= 15 is 0 Å². The topological polar surface area (TPSA) is 68.8 Å². The van der Waals surface area contributed by atoms with Crippen molar-refractivity contribution >= 4 is 40.0 Å². The van der Waals surface area contributed by atoms with Crippen LogP contribution in [0.3, 0.4) is 0 Å². The minimum Gasteiger partial charge on any atom is -0.494 e. The summed E-state index contributed by atoms with van der Waals surface area (Å²) in [5.74, 6) is 0.387. The first-order chi connectivity index (χ1) is 17.8. The quantitative estimate of drug-likeness (QED) is 0.293. The summed E-state index contributed by atoms with van der Waals surface area (Å²) in [4.78, 5) is 20.9. The number of carbonyl (C=O) groups is 1. The lowest BCUT2D eigenvalue weighted by atomic mass is 9.85. The van der Waals surface area contributed by atoms with Gasteiger partial charge in [0.1, 0.15) is 5.75 Å². The monoisotopic (exact) mass is 545 g/mol. The van der Waals surface area contributed by atoms with Gasteiger partial charge >= 0.3 is 0 Å². The number of carbonyl (C=O) groups excluding carboxylic acids is 1. The van der Waals surface area contributed by atoms with Gasteiger partial charge in [0.2, 0.25) is 5.91 Å². The molecule has 1 saturated heterocycles. The van der Waals surface area contributed by atoms with E-state index in [0.29, 0.717) is 36.3 Å². The Balaban J connectivity index is 1.42. The van der Waals surface area contributed by atoms with Gasteiger partial charge in [0, 0.05) is 52.8 Å². The molecule has 37 heavy (non-hydrogen) atoms. The summed E-state index contributed by atoms with van der Waals surface area (Å²) in [5, 5.41) is 12.9. The predicted molar refractivity (Wildman–Crippen MR) is 150 cm³/mol. The Bertz CT molecular complexity index is 1190. The van der Waals surface area contributed by atoms with E-state index in [1.54, 1.807) is 13.0 Å². The molecule has 2 heterocycles. The molecule has 0 radical (unpaired) electrons. The molecule has 1 aliphatic rings. The second kappa shape index (κ2) is 12.5.